The van der Waals surface area contributed by atoms with Gasteiger partial charge in [-0.25, -0.2) is 0 Å². The molecule has 0 aliphatic heterocycles. The molecule has 0 aromatic carbocycles. The number of nitrogens with two attached hydrogens (primary N) is 1. The molecule has 0 radical (unpaired) electrons. The molecule has 2 atom stereocenters. The topological polar surface area (TPSA) is 43.8 Å². The molecule has 0 amide bonds. The van der Waals surface area contributed by atoms with Crippen LogP contribution in [0.5, 0.6) is 0 Å². The van der Waals surface area contributed by atoms with Crippen molar-refractivity contribution in [3.05, 3.63) is 16.4 Å². The van der Waals surface area contributed by atoms with Gasteiger partial charge in [-0.15, -0.1) is 0 Å². The number of nitrogens with zero attached hydrogens (tertiary/aromatic N) is 2. The molecular formula is C16H28ClN3. The van der Waals surface area contributed by atoms with E-state index in [-0.39, 0.29) is 0 Å². The van der Waals surface area contributed by atoms with Crippen LogP contribution in [0.15, 0.2) is 0 Å². The fraction of sp³-hybridized carbons (Fsp3) is 0.812. The first kappa shape index (κ1) is 15.8. The highest BCUT2D eigenvalue weighted by atomic mass is 35.5. The van der Waals surface area contributed by atoms with E-state index in [1.807, 2.05) is 0 Å². The Hall–Kier alpha value is -0.540. The first-order chi connectivity index (χ1) is 9.38. The van der Waals surface area contributed by atoms with E-state index < -0.39 is 0 Å². The minimum Gasteiger partial charge on any atom is -0.327 e. The fourth-order valence-corrected chi connectivity index (χ4v) is 3.79. The summed E-state index contributed by atoms with van der Waals surface area (Å²) in [5.41, 5.74) is 8.96. The molecule has 3 nitrogen and oxygen atoms in total. The first-order valence-corrected chi connectivity index (χ1v) is 8.25. The molecule has 1 aliphatic carbocycles. The van der Waals surface area contributed by atoms with Crippen LogP contribution in [-0.2, 0) is 19.4 Å². The summed E-state index contributed by atoms with van der Waals surface area (Å²) >= 11 is 6.52. The molecule has 2 unspecified atom stereocenters. The monoisotopic (exact) mass is 297 g/mol. The molecule has 0 saturated heterocycles. The largest absolute Gasteiger partial charge is 0.327 e. The van der Waals surface area contributed by atoms with Crippen LogP contribution >= 0.6 is 11.6 Å². The molecule has 2 rings (SSSR count). The number of aryl methyl sites for hydroxylation is 2. The fourth-order valence-electron chi connectivity index (χ4n) is 3.44. The van der Waals surface area contributed by atoms with Gasteiger partial charge in [0, 0.05) is 12.6 Å². The summed E-state index contributed by atoms with van der Waals surface area (Å²) in [6.07, 6.45) is 5.38. The molecule has 4 heteroatoms. The molecule has 0 spiro atoms. The quantitative estimate of drug-likeness (QED) is 0.918. The number of halogens is 1. The Morgan fingerprint density at radius 2 is 2.10 bits per heavy atom. The van der Waals surface area contributed by atoms with Gasteiger partial charge < -0.3 is 5.73 Å². The highest BCUT2D eigenvalue weighted by molar-refractivity contribution is 6.31. The highest BCUT2D eigenvalue weighted by Crippen LogP contribution is 2.40. The number of aromatic nitrogens is 2. The lowest BCUT2D eigenvalue weighted by molar-refractivity contribution is 0.155. The lowest BCUT2D eigenvalue weighted by Crippen LogP contribution is -2.40. The van der Waals surface area contributed by atoms with Crippen molar-refractivity contribution < 1.29 is 0 Å². The number of hydrogen-bond acceptors (Lipinski definition) is 2. The Kier molecular flexibility index (Phi) is 4.80. The van der Waals surface area contributed by atoms with Crippen LogP contribution in [0, 0.1) is 11.3 Å². The summed E-state index contributed by atoms with van der Waals surface area (Å²) in [6, 6.07) is 0.296. The molecule has 20 heavy (non-hydrogen) atoms. The SMILES string of the molecule is CCc1nn(CC)c(CC2CC(C)(C)CCC2N)c1Cl. The van der Waals surface area contributed by atoms with E-state index >= 15 is 0 Å². The van der Waals surface area contributed by atoms with Crippen molar-refractivity contribution in [2.75, 3.05) is 0 Å². The molecular weight excluding hydrogens is 270 g/mol. The van der Waals surface area contributed by atoms with E-state index in [2.05, 4.69) is 37.5 Å². The van der Waals surface area contributed by atoms with Gasteiger partial charge in [0.15, 0.2) is 0 Å². The molecule has 1 aliphatic rings. The van der Waals surface area contributed by atoms with E-state index in [4.69, 9.17) is 17.3 Å². The van der Waals surface area contributed by atoms with Crippen LogP contribution in [-0.4, -0.2) is 15.8 Å². The van der Waals surface area contributed by atoms with Crippen molar-refractivity contribution in [1.29, 1.82) is 0 Å². The van der Waals surface area contributed by atoms with Gasteiger partial charge in [-0.3, -0.25) is 4.68 Å². The van der Waals surface area contributed by atoms with E-state index in [0.29, 0.717) is 17.4 Å². The Morgan fingerprint density at radius 3 is 2.70 bits per heavy atom. The summed E-state index contributed by atoms with van der Waals surface area (Å²) in [4.78, 5) is 0. The Morgan fingerprint density at radius 1 is 1.40 bits per heavy atom. The van der Waals surface area contributed by atoms with Crippen molar-refractivity contribution in [3.63, 3.8) is 0 Å². The standard InChI is InChI=1S/C16H28ClN3/c1-5-13-15(17)14(20(6-2)19-13)9-11-10-16(3,4)8-7-12(11)18/h11-12H,5-10,18H2,1-4H3. The highest BCUT2D eigenvalue weighted by Gasteiger charge is 2.34. The van der Waals surface area contributed by atoms with Crippen LogP contribution in [0.3, 0.4) is 0 Å². The zero-order chi connectivity index (χ0) is 14.9. The van der Waals surface area contributed by atoms with Crippen LogP contribution in [0.25, 0.3) is 0 Å². The third kappa shape index (κ3) is 3.20. The van der Waals surface area contributed by atoms with Crippen molar-refractivity contribution >= 4 is 11.6 Å². The minimum atomic E-state index is 0.296. The molecule has 0 bridgehead atoms. The molecule has 114 valence electrons. The minimum absolute atomic E-state index is 0.296. The smallest absolute Gasteiger partial charge is 0.0849 e. The zero-order valence-corrected chi connectivity index (χ0v) is 14.0. The summed E-state index contributed by atoms with van der Waals surface area (Å²) < 4.78 is 2.06. The zero-order valence-electron chi connectivity index (χ0n) is 13.2. The van der Waals surface area contributed by atoms with Crippen molar-refractivity contribution in [1.82, 2.24) is 9.78 Å². The summed E-state index contributed by atoms with van der Waals surface area (Å²) in [5, 5.41) is 5.48. The average Bonchev–Trinajstić information content (AvgIpc) is 2.70. The van der Waals surface area contributed by atoms with Gasteiger partial charge in [0.05, 0.1) is 16.4 Å². The molecule has 1 aromatic rings. The normalized spacial score (nSPS) is 25.9. The number of rotatable bonds is 4. The van der Waals surface area contributed by atoms with Gasteiger partial charge in [0.1, 0.15) is 0 Å². The second kappa shape index (κ2) is 6.07. The Balaban J connectivity index is 2.22. The second-order valence-corrected chi connectivity index (χ2v) is 7.29. The Labute approximate surface area is 127 Å². The average molecular weight is 298 g/mol. The van der Waals surface area contributed by atoms with Gasteiger partial charge in [0.25, 0.3) is 0 Å². The van der Waals surface area contributed by atoms with Gasteiger partial charge in [-0.05, 0) is 50.4 Å². The van der Waals surface area contributed by atoms with Crippen molar-refractivity contribution in [3.8, 4) is 0 Å². The van der Waals surface area contributed by atoms with E-state index in [1.54, 1.807) is 0 Å². The maximum absolute atomic E-state index is 6.52. The summed E-state index contributed by atoms with van der Waals surface area (Å²) in [7, 11) is 0. The van der Waals surface area contributed by atoms with Crippen LogP contribution in [0.2, 0.25) is 5.02 Å². The van der Waals surface area contributed by atoms with Gasteiger partial charge in [-0.1, -0.05) is 32.4 Å². The van der Waals surface area contributed by atoms with Gasteiger partial charge in [-0.2, -0.15) is 5.10 Å². The van der Waals surface area contributed by atoms with Gasteiger partial charge in [0.2, 0.25) is 0 Å². The Bertz CT molecular complexity index is 465. The summed E-state index contributed by atoms with van der Waals surface area (Å²) in [5.74, 6) is 0.517. The first-order valence-electron chi connectivity index (χ1n) is 7.87. The predicted molar refractivity (Wildman–Crippen MR) is 85.1 cm³/mol. The lowest BCUT2D eigenvalue weighted by Gasteiger charge is -2.39. The molecule has 1 heterocycles. The molecule has 1 aromatic heterocycles. The molecule has 2 N–H and O–H groups in total. The van der Waals surface area contributed by atoms with Crippen molar-refractivity contribution in [2.45, 2.75) is 72.4 Å². The molecule has 1 fully saturated rings. The third-order valence-corrected chi connectivity index (χ3v) is 5.16. The van der Waals surface area contributed by atoms with E-state index in [0.717, 1.165) is 36.5 Å². The van der Waals surface area contributed by atoms with Crippen LogP contribution in [0.1, 0.15) is 58.3 Å². The number of hydrogen-bond donors (Lipinski definition) is 1. The maximum atomic E-state index is 6.52. The summed E-state index contributed by atoms with van der Waals surface area (Å²) in [6.45, 7) is 9.80. The second-order valence-electron chi connectivity index (χ2n) is 6.91. The van der Waals surface area contributed by atoms with Crippen LogP contribution in [0.4, 0.5) is 0 Å². The van der Waals surface area contributed by atoms with Crippen molar-refractivity contribution in [2.24, 2.45) is 17.1 Å². The lowest BCUT2D eigenvalue weighted by atomic mass is 9.69. The third-order valence-electron chi connectivity index (χ3n) is 4.72. The van der Waals surface area contributed by atoms with E-state index in [1.165, 1.54) is 18.5 Å². The molecule has 1 saturated carbocycles. The van der Waals surface area contributed by atoms with E-state index in [9.17, 15) is 0 Å². The maximum Gasteiger partial charge on any atom is 0.0849 e. The predicted octanol–water partition coefficient (Wildman–Crippen LogP) is 3.81. The van der Waals surface area contributed by atoms with Crippen LogP contribution < -0.4 is 5.73 Å². The van der Waals surface area contributed by atoms with Gasteiger partial charge >= 0.3 is 0 Å².